The third-order valence-electron chi connectivity index (χ3n) is 4.32. The number of carbonyl (C=O) groups is 1. The average molecular weight is 356 g/mol. The number of hydrogen-bond donors (Lipinski definition) is 1. The van der Waals surface area contributed by atoms with Crippen LogP contribution in [-0.4, -0.2) is 16.0 Å². The first-order valence-electron chi connectivity index (χ1n) is 7.00. The fraction of sp³-hybridized carbons (Fsp3) is 0.533. The van der Waals surface area contributed by atoms with Gasteiger partial charge in [0.1, 0.15) is 0 Å². The van der Waals surface area contributed by atoms with E-state index in [1.807, 2.05) is 6.92 Å². The summed E-state index contributed by atoms with van der Waals surface area (Å²) in [5.41, 5.74) is -0.390. The average Bonchev–Trinajstić information content (AvgIpc) is 2.40. The predicted octanol–water partition coefficient (Wildman–Crippen LogP) is 4.18. The number of benzene rings is 1. The molecule has 21 heavy (non-hydrogen) atoms. The van der Waals surface area contributed by atoms with Crippen molar-refractivity contribution in [2.45, 2.75) is 39.0 Å². The summed E-state index contributed by atoms with van der Waals surface area (Å²) in [6.07, 6.45) is 3.26. The number of aliphatic carboxylic acids is 1. The third-order valence-corrected chi connectivity index (χ3v) is 4.81. The van der Waals surface area contributed by atoms with Crippen molar-refractivity contribution < 1.29 is 14.8 Å². The minimum Gasteiger partial charge on any atom is -0.481 e. The van der Waals surface area contributed by atoms with E-state index in [2.05, 4.69) is 15.9 Å². The summed E-state index contributed by atoms with van der Waals surface area (Å²) < 4.78 is 0.624. The van der Waals surface area contributed by atoms with Gasteiger partial charge in [0, 0.05) is 16.1 Å². The third kappa shape index (κ3) is 3.43. The summed E-state index contributed by atoms with van der Waals surface area (Å²) in [6.45, 7) is 2.05. The molecule has 1 aliphatic rings. The maximum Gasteiger partial charge on any atom is 0.309 e. The second kappa shape index (κ2) is 6.13. The lowest BCUT2D eigenvalue weighted by atomic mass is 9.67. The Morgan fingerprint density at radius 1 is 1.57 bits per heavy atom. The van der Waals surface area contributed by atoms with Gasteiger partial charge in [-0.1, -0.05) is 41.8 Å². The molecule has 1 aromatic carbocycles. The van der Waals surface area contributed by atoms with Crippen molar-refractivity contribution in [2.75, 3.05) is 0 Å². The Labute approximate surface area is 131 Å². The van der Waals surface area contributed by atoms with Gasteiger partial charge in [-0.2, -0.15) is 0 Å². The maximum absolute atomic E-state index is 11.8. The van der Waals surface area contributed by atoms with Gasteiger partial charge in [0.15, 0.2) is 0 Å². The maximum atomic E-state index is 11.8. The first-order chi connectivity index (χ1) is 9.84. The van der Waals surface area contributed by atoms with Gasteiger partial charge < -0.3 is 5.11 Å². The van der Waals surface area contributed by atoms with Gasteiger partial charge in [-0.25, -0.2) is 0 Å². The van der Waals surface area contributed by atoms with E-state index in [1.165, 1.54) is 6.07 Å². The number of carboxylic acids is 1. The zero-order valence-corrected chi connectivity index (χ0v) is 13.4. The van der Waals surface area contributed by atoms with Gasteiger partial charge in [-0.05, 0) is 31.2 Å². The molecular formula is C15H18BrNO4. The molecule has 0 aliphatic heterocycles. The molecule has 2 unspecified atom stereocenters. The molecule has 1 aromatic rings. The van der Waals surface area contributed by atoms with E-state index in [0.717, 1.165) is 12.8 Å². The van der Waals surface area contributed by atoms with Gasteiger partial charge in [0.25, 0.3) is 5.69 Å². The van der Waals surface area contributed by atoms with Gasteiger partial charge >= 0.3 is 5.97 Å². The number of rotatable bonds is 4. The Morgan fingerprint density at radius 2 is 2.29 bits per heavy atom. The minimum absolute atomic E-state index is 0.0109. The highest BCUT2D eigenvalue weighted by Crippen LogP contribution is 2.43. The molecule has 2 atom stereocenters. The minimum atomic E-state index is -0.879. The van der Waals surface area contributed by atoms with Crippen molar-refractivity contribution in [3.05, 3.63) is 38.3 Å². The Bertz CT molecular complexity index is 575. The van der Waals surface area contributed by atoms with Crippen LogP contribution in [0.2, 0.25) is 0 Å². The quantitative estimate of drug-likeness (QED) is 0.648. The van der Waals surface area contributed by atoms with E-state index in [9.17, 15) is 20.0 Å². The molecule has 1 N–H and O–H groups in total. The van der Waals surface area contributed by atoms with Crippen LogP contribution in [0, 0.1) is 21.4 Å². The Morgan fingerprint density at radius 3 is 2.86 bits per heavy atom. The fourth-order valence-corrected chi connectivity index (χ4v) is 3.66. The number of halogens is 1. The van der Waals surface area contributed by atoms with Crippen LogP contribution in [0.5, 0.6) is 0 Å². The van der Waals surface area contributed by atoms with Crippen molar-refractivity contribution in [3.63, 3.8) is 0 Å². The predicted molar refractivity (Wildman–Crippen MR) is 82.2 cm³/mol. The van der Waals surface area contributed by atoms with Gasteiger partial charge in [0.05, 0.1) is 10.3 Å². The number of nitro groups is 1. The molecule has 0 amide bonds. The van der Waals surface area contributed by atoms with Gasteiger partial charge in [-0.15, -0.1) is 0 Å². The van der Waals surface area contributed by atoms with Gasteiger partial charge in [-0.3, -0.25) is 14.9 Å². The SMILES string of the molecule is CC1CCCC(Cc2ccc(Br)cc2[N+](=O)[O-])(C(=O)O)C1. The second-order valence-electron chi connectivity index (χ2n) is 5.99. The fourth-order valence-electron chi connectivity index (χ4n) is 3.31. The molecule has 114 valence electrons. The van der Waals surface area contributed by atoms with E-state index in [4.69, 9.17) is 0 Å². The summed E-state index contributed by atoms with van der Waals surface area (Å²) in [6, 6.07) is 4.83. The lowest BCUT2D eigenvalue weighted by Gasteiger charge is -2.36. The highest BCUT2D eigenvalue weighted by molar-refractivity contribution is 9.10. The summed E-state index contributed by atoms with van der Waals surface area (Å²) in [5.74, 6) is -0.504. The zero-order valence-electron chi connectivity index (χ0n) is 11.8. The molecule has 1 aliphatic carbocycles. The molecule has 0 bridgehead atoms. The lowest BCUT2D eigenvalue weighted by Crippen LogP contribution is -2.38. The molecule has 6 heteroatoms. The summed E-state index contributed by atoms with van der Waals surface area (Å²) in [5, 5.41) is 20.9. The van der Waals surface area contributed by atoms with Crippen molar-refractivity contribution in [3.8, 4) is 0 Å². The van der Waals surface area contributed by atoms with E-state index in [0.29, 0.717) is 28.8 Å². The van der Waals surface area contributed by atoms with Crippen LogP contribution in [0.25, 0.3) is 0 Å². The van der Waals surface area contributed by atoms with Crippen LogP contribution >= 0.6 is 15.9 Å². The largest absolute Gasteiger partial charge is 0.481 e. The standard InChI is InChI=1S/C15H18BrNO4/c1-10-3-2-6-15(8-10,14(18)19)9-11-4-5-12(16)7-13(11)17(20)21/h4-5,7,10H,2-3,6,8-9H2,1H3,(H,18,19). The van der Waals surface area contributed by atoms with E-state index < -0.39 is 16.3 Å². The van der Waals surface area contributed by atoms with Crippen LogP contribution in [0.15, 0.2) is 22.7 Å². The smallest absolute Gasteiger partial charge is 0.309 e. The number of hydrogen-bond acceptors (Lipinski definition) is 3. The number of nitrogens with zero attached hydrogens (tertiary/aromatic N) is 1. The number of carboxylic acid groups (broad SMARTS) is 1. The molecular weight excluding hydrogens is 338 g/mol. The topological polar surface area (TPSA) is 80.4 Å². The van der Waals surface area contributed by atoms with Crippen LogP contribution in [0.3, 0.4) is 0 Å². The summed E-state index contributed by atoms with van der Waals surface area (Å²) in [4.78, 5) is 22.5. The Balaban J connectivity index is 2.38. The summed E-state index contributed by atoms with van der Waals surface area (Å²) in [7, 11) is 0. The van der Waals surface area contributed by atoms with E-state index in [1.54, 1.807) is 12.1 Å². The Kier molecular flexibility index (Phi) is 4.66. The van der Waals surface area contributed by atoms with Crippen molar-refractivity contribution in [1.82, 2.24) is 0 Å². The van der Waals surface area contributed by atoms with Crippen molar-refractivity contribution in [2.24, 2.45) is 11.3 Å². The first-order valence-corrected chi connectivity index (χ1v) is 7.79. The second-order valence-corrected chi connectivity index (χ2v) is 6.91. The molecule has 0 spiro atoms. The van der Waals surface area contributed by atoms with Gasteiger partial charge in [0.2, 0.25) is 0 Å². The molecule has 0 saturated heterocycles. The van der Waals surface area contributed by atoms with Crippen LogP contribution in [0.1, 0.15) is 38.2 Å². The molecule has 0 radical (unpaired) electrons. The summed E-state index contributed by atoms with van der Waals surface area (Å²) >= 11 is 3.22. The normalized spacial score (nSPS) is 25.5. The van der Waals surface area contributed by atoms with Crippen molar-refractivity contribution in [1.29, 1.82) is 0 Å². The van der Waals surface area contributed by atoms with Crippen molar-refractivity contribution >= 4 is 27.6 Å². The van der Waals surface area contributed by atoms with Crippen LogP contribution < -0.4 is 0 Å². The van der Waals surface area contributed by atoms with Crippen LogP contribution in [0.4, 0.5) is 5.69 Å². The molecule has 1 fully saturated rings. The molecule has 0 heterocycles. The lowest BCUT2D eigenvalue weighted by molar-refractivity contribution is -0.385. The van der Waals surface area contributed by atoms with E-state index >= 15 is 0 Å². The molecule has 0 aromatic heterocycles. The number of nitro benzene ring substituents is 1. The van der Waals surface area contributed by atoms with Crippen LogP contribution in [-0.2, 0) is 11.2 Å². The molecule has 2 rings (SSSR count). The molecule has 1 saturated carbocycles. The highest BCUT2D eigenvalue weighted by Gasteiger charge is 2.43. The zero-order chi connectivity index (χ0) is 15.6. The molecule has 5 nitrogen and oxygen atoms in total. The Hall–Kier alpha value is -1.43. The first kappa shape index (κ1) is 15.9. The highest BCUT2D eigenvalue weighted by atomic mass is 79.9. The van der Waals surface area contributed by atoms with E-state index in [-0.39, 0.29) is 12.1 Å². The monoisotopic (exact) mass is 355 g/mol.